The van der Waals surface area contributed by atoms with E-state index in [4.69, 9.17) is 14.2 Å². The Morgan fingerprint density at radius 3 is 2.59 bits per heavy atom. The van der Waals surface area contributed by atoms with Gasteiger partial charge in [0, 0.05) is 11.3 Å². The van der Waals surface area contributed by atoms with E-state index in [2.05, 4.69) is 10.4 Å². The lowest BCUT2D eigenvalue weighted by molar-refractivity contribution is 0.0696. The predicted molar refractivity (Wildman–Crippen MR) is 118 cm³/mol. The summed E-state index contributed by atoms with van der Waals surface area (Å²) >= 11 is 0. The molecule has 168 valence electrons. The Bertz CT molecular complexity index is 1150. The zero-order valence-electron chi connectivity index (χ0n) is 18.0. The SMILES string of the molecule is COc1cc(C(=O)O)ccc1Cn1nc(OC)c2cc(NC(=O)OC3CCCC3)ccc21. The number of rotatable bonds is 7. The molecule has 2 aromatic carbocycles. The largest absolute Gasteiger partial charge is 0.496 e. The summed E-state index contributed by atoms with van der Waals surface area (Å²) < 4.78 is 18.0. The predicted octanol–water partition coefficient (Wildman–Crippen LogP) is 4.29. The summed E-state index contributed by atoms with van der Waals surface area (Å²) in [5, 5.41) is 17.2. The van der Waals surface area contributed by atoms with Crippen molar-refractivity contribution in [2.45, 2.75) is 38.3 Å². The van der Waals surface area contributed by atoms with Gasteiger partial charge >= 0.3 is 12.1 Å². The maximum atomic E-state index is 12.2. The first kappa shape index (κ1) is 21.5. The average molecular weight is 439 g/mol. The molecule has 1 aliphatic rings. The van der Waals surface area contributed by atoms with Crippen LogP contribution in [0, 0.1) is 0 Å². The summed E-state index contributed by atoms with van der Waals surface area (Å²) in [4.78, 5) is 23.4. The van der Waals surface area contributed by atoms with Crippen molar-refractivity contribution < 1.29 is 28.9 Å². The van der Waals surface area contributed by atoms with Crippen LogP contribution < -0.4 is 14.8 Å². The van der Waals surface area contributed by atoms with Gasteiger partial charge in [0.2, 0.25) is 5.88 Å². The number of hydrogen-bond donors (Lipinski definition) is 2. The minimum atomic E-state index is -1.02. The van der Waals surface area contributed by atoms with Crippen molar-refractivity contribution in [3.8, 4) is 11.6 Å². The molecule has 0 unspecified atom stereocenters. The molecule has 1 amide bonds. The zero-order valence-corrected chi connectivity index (χ0v) is 18.0. The van der Waals surface area contributed by atoms with Crippen LogP contribution in [0.25, 0.3) is 10.9 Å². The Kier molecular flexibility index (Phi) is 6.16. The van der Waals surface area contributed by atoms with Crippen LogP contribution in [0.3, 0.4) is 0 Å². The lowest BCUT2D eigenvalue weighted by Gasteiger charge is -2.12. The van der Waals surface area contributed by atoms with Gasteiger partial charge in [0.1, 0.15) is 11.9 Å². The van der Waals surface area contributed by atoms with E-state index in [0.717, 1.165) is 42.1 Å². The smallest absolute Gasteiger partial charge is 0.411 e. The molecule has 2 N–H and O–H groups in total. The molecule has 1 saturated carbocycles. The van der Waals surface area contributed by atoms with Crippen molar-refractivity contribution >= 4 is 28.7 Å². The van der Waals surface area contributed by atoms with Crippen molar-refractivity contribution in [1.29, 1.82) is 0 Å². The second kappa shape index (κ2) is 9.17. The van der Waals surface area contributed by atoms with Crippen LogP contribution in [0.2, 0.25) is 0 Å². The van der Waals surface area contributed by atoms with Crippen LogP contribution in [0.5, 0.6) is 11.6 Å². The van der Waals surface area contributed by atoms with Crippen LogP contribution in [-0.2, 0) is 11.3 Å². The summed E-state index contributed by atoms with van der Waals surface area (Å²) in [5.41, 5.74) is 2.29. The molecule has 9 nitrogen and oxygen atoms in total. The Labute approximate surface area is 184 Å². The second-order valence-electron chi connectivity index (χ2n) is 7.67. The van der Waals surface area contributed by atoms with Gasteiger partial charge in [-0.1, -0.05) is 6.07 Å². The Balaban J connectivity index is 1.58. The van der Waals surface area contributed by atoms with Gasteiger partial charge in [-0.05, 0) is 56.0 Å². The molecule has 0 spiro atoms. The number of fused-ring (bicyclic) bond motifs is 1. The van der Waals surface area contributed by atoms with Crippen LogP contribution >= 0.6 is 0 Å². The Morgan fingerprint density at radius 2 is 1.91 bits per heavy atom. The molecule has 0 bridgehead atoms. The van der Waals surface area contributed by atoms with Crippen LogP contribution in [0.15, 0.2) is 36.4 Å². The summed E-state index contributed by atoms with van der Waals surface area (Å²) in [5.74, 6) is -0.151. The number of hydrogen-bond acceptors (Lipinski definition) is 6. The molecule has 1 fully saturated rings. The molecular formula is C23H25N3O6. The van der Waals surface area contributed by atoms with E-state index in [0.29, 0.717) is 23.9 Å². The summed E-state index contributed by atoms with van der Waals surface area (Å²) in [6.45, 7) is 0.347. The third-order valence-corrected chi connectivity index (χ3v) is 5.59. The summed E-state index contributed by atoms with van der Waals surface area (Å²) in [6, 6.07) is 10.1. The van der Waals surface area contributed by atoms with Gasteiger partial charge in [-0.3, -0.25) is 10.00 Å². The number of anilines is 1. The lowest BCUT2D eigenvalue weighted by Crippen LogP contribution is -2.20. The van der Waals surface area contributed by atoms with Crippen molar-refractivity contribution in [2.24, 2.45) is 0 Å². The van der Waals surface area contributed by atoms with Crippen molar-refractivity contribution in [3.63, 3.8) is 0 Å². The summed E-state index contributed by atoms with van der Waals surface area (Å²) in [6.07, 6.45) is 3.51. The first-order valence-corrected chi connectivity index (χ1v) is 10.4. The van der Waals surface area contributed by atoms with Crippen molar-refractivity contribution in [2.75, 3.05) is 19.5 Å². The number of carboxylic acid groups (broad SMARTS) is 1. The maximum Gasteiger partial charge on any atom is 0.411 e. The fourth-order valence-electron chi connectivity index (χ4n) is 3.97. The number of aromatic nitrogens is 2. The van der Waals surface area contributed by atoms with Gasteiger partial charge in [-0.2, -0.15) is 0 Å². The van der Waals surface area contributed by atoms with E-state index in [1.54, 1.807) is 22.9 Å². The number of ether oxygens (including phenoxy) is 3. The topological polar surface area (TPSA) is 112 Å². The van der Waals surface area contributed by atoms with E-state index >= 15 is 0 Å². The zero-order chi connectivity index (χ0) is 22.7. The quantitative estimate of drug-likeness (QED) is 0.565. The number of methoxy groups -OCH3 is 2. The molecule has 0 atom stereocenters. The third-order valence-electron chi connectivity index (χ3n) is 5.59. The molecular weight excluding hydrogens is 414 g/mol. The van der Waals surface area contributed by atoms with Crippen molar-refractivity contribution in [3.05, 3.63) is 47.5 Å². The van der Waals surface area contributed by atoms with Crippen LogP contribution in [0.4, 0.5) is 10.5 Å². The standard InChI is InChI=1S/C23H25N3O6/c1-30-20-11-14(22(27)28)7-8-15(20)13-26-19-10-9-16(12-18(19)21(25-26)31-2)24-23(29)32-17-5-3-4-6-17/h7-12,17H,3-6,13H2,1-2H3,(H,24,29)(H,27,28). The number of benzene rings is 2. The van der Waals surface area contributed by atoms with Crippen LogP contribution in [0.1, 0.15) is 41.6 Å². The molecule has 0 saturated heterocycles. The van der Waals surface area contributed by atoms with E-state index < -0.39 is 12.1 Å². The van der Waals surface area contributed by atoms with Gasteiger partial charge in [0.25, 0.3) is 0 Å². The average Bonchev–Trinajstić information content (AvgIpc) is 3.41. The lowest BCUT2D eigenvalue weighted by atomic mass is 10.1. The Hall–Kier alpha value is -3.75. The normalized spacial score (nSPS) is 13.8. The third kappa shape index (κ3) is 4.46. The molecule has 1 heterocycles. The molecule has 32 heavy (non-hydrogen) atoms. The highest BCUT2D eigenvalue weighted by molar-refractivity contribution is 5.92. The van der Waals surface area contributed by atoms with E-state index in [9.17, 15) is 14.7 Å². The van der Waals surface area contributed by atoms with E-state index in [1.165, 1.54) is 26.4 Å². The number of carboxylic acids is 1. The molecule has 0 aliphatic heterocycles. The van der Waals surface area contributed by atoms with Gasteiger partial charge < -0.3 is 19.3 Å². The first-order valence-electron chi connectivity index (χ1n) is 10.4. The van der Waals surface area contributed by atoms with Crippen molar-refractivity contribution in [1.82, 2.24) is 9.78 Å². The van der Waals surface area contributed by atoms with Gasteiger partial charge in [-0.25, -0.2) is 9.59 Å². The van der Waals surface area contributed by atoms with Gasteiger partial charge in [0.05, 0.1) is 37.2 Å². The minimum Gasteiger partial charge on any atom is -0.496 e. The maximum absolute atomic E-state index is 12.2. The van der Waals surface area contributed by atoms with Gasteiger partial charge in [0.15, 0.2) is 0 Å². The highest BCUT2D eigenvalue weighted by Gasteiger charge is 2.20. The molecule has 0 radical (unpaired) electrons. The molecule has 1 aliphatic carbocycles. The fraction of sp³-hybridized carbons (Fsp3) is 0.348. The monoisotopic (exact) mass is 439 g/mol. The number of aromatic carboxylic acids is 1. The number of carbonyl (C=O) groups excluding carboxylic acids is 1. The first-order chi connectivity index (χ1) is 15.5. The van der Waals surface area contributed by atoms with E-state index in [1.807, 2.05) is 6.07 Å². The summed E-state index contributed by atoms with van der Waals surface area (Å²) in [7, 11) is 3.03. The van der Waals surface area contributed by atoms with E-state index in [-0.39, 0.29) is 11.7 Å². The molecule has 3 aromatic rings. The molecule has 4 rings (SSSR count). The number of nitrogens with zero attached hydrogens (tertiary/aromatic N) is 2. The fourth-order valence-corrected chi connectivity index (χ4v) is 3.97. The number of nitrogens with one attached hydrogen (secondary N) is 1. The highest BCUT2D eigenvalue weighted by Crippen LogP contribution is 2.30. The number of amides is 1. The molecule has 1 aromatic heterocycles. The number of carbonyl (C=O) groups is 2. The second-order valence-corrected chi connectivity index (χ2v) is 7.67. The van der Waals surface area contributed by atoms with Crippen LogP contribution in [-0.4, -0.2) is 47.3 Å². The minimum absolute atomic E-state index is 0.0153. The van der Waals surface area contributed by atoms with Gasteiger partial charge in [-0.15, -0.1) is 5.10 Å². The highest BCUT2D eigenvalue weighted by atomic mass is 16.6. The Morgan fingerprint density at radius 1 is 1.12 bits per heavy atom. The molecule has 9 heteroatoms.